The van der Waals surface area contributed by atoms with E-state index in [2.05, 4.69) is 10.2 Å². The third-order valence-electron chi connectivity index (χ3n) is 4.44. The molecule has 4 nitrogen and oxygen atoms in total. The summed E-state index contributed by atoms with van der Waals surface area (Å²) in [6, 6.07) is 3.19. The van der Waals surface area contributed by atoms with E-state index in [4.69, 9.17) is 16.3 Å². The maximum atomic E-state index is 13.9. The first-order valence-corrected chi connectivity index (χ1v) is 7.94. The minimum Gasteiger partial charge on any atom is -0.376 e. The van der Waals surface area contributed by atoms with E-state index < -0.39 is 11.7 Å². The number of morpholine rings is 1. The van der Waals surface area contributed by atoms with Crippen LogP contribution in [0.3, 0.4) is 0 Å². The van der Waals surface area contributed by atoms with Gasteiger partial charge < -0.3 is 10.1 Å². The molecular formula is C16H20ClFN2O2. The zero-order valence-corrected chi connectivity index (χ0v) is 13.5. The van der Waals surface area contributed by atoms with Gasteiger partial charge in [0.15, 0.2) is 0 Å². The molecule has 120 valence electrons. The fraction of sp³-hybridized carbons (Fsp3) is 0.562. The molecule has 2 saturated heterocycles. The lowest BCUT2D eigenvalue weighted by atomic mass is 10.1. The van der Waals surface area contributed by atoms with Crippen LogP contribution < -0.4 is 5.32 Å². The van der Waals surface area contributed by atoms with E-state index in [0.717, 1.165) is 19.5 Å². The molecule has 22 heavy (non-hydrogen) atoms. The monoisotopic (exact) mass is 326 g/mol. The van der Waals surface area contributed by atoms with Crippen LogP contribution in [-0.4, -0.2) is 48.7 Å². The van der Waals surface area contributed by atoms with Crippen LogP contribution in [0.5, 0.6) is 0 Å². The van der Waals surface area contributed by atoms with Crippen molar-refractivity contribution in [2.75, 3.05) is 19.7 Å². The quantitative estimate of drug-likeness (QED) is 0.907. The van der Waals surface area contributed by atoms with Crippen LogP contribution in [0.4, 0.5) is 4.39 Å². The van der Waals surface area contributed by atoms with Crippen molar-refractivity contribution in [1.82, 2.24) is 10.2 Å². The standard InChI is InChI=1S/C16H20ClFN2O2/c1-9-3-4-13(18)14(15(9)17)16(21)19-11-5-12-8-22-10(2)6-20(12)7-11/h3-4,10-12H,5-8H2,1-2H3,(H,19,21)/t10-,11+,12+/m1/s1. The molecule has 0 unspecified atom stereocenters. The van der Waals surface area contributed by atoms with Crippen LogP contribution >= 0.6 is 11.6 Å². The second kappa shape index (κ2) is 6.14. The molecule has 1 N–H and O–H groups in total. The average Bonchev–Trinajstić information content (AvgIpc) is 2.84. The summed E-state index contributed by atoms with van der Waals surface area (Å²) >= 11 is 6.09. The number of carbonyl (C=O) groups is 1. The summed E-state index contributed by atoms with van der Waals surface area (Å²) in [6.07, 6.45) is 1.04. The van der Waals surface area contributed by atoms with Crippen molar-refractivity contribution in [2.24, 2.45) is 0 Å². The predicted octanol–water partition coefficient (Wildman–Crippen LogP) is 2.38. The van der Waals surface area contributed by atoms with Gasteiger partial charge in [0.1, 0.15) is 5.82 Å². The van der Waals surface area contributed by atoms with Crippen molar-refractivity contribution in [3.05, 3.63) is 34.1 Å². The van der Waals surface area contributed by atoms with Gasteiger partial charge >= 0.3 is 0 Å². The van der Waals surface area contributed by atoms with Crippen LogP contribution in [0.25, 0.3) is 0 Å². The van der Waals surface area contributed by atoms with E-state index >= 15 is 0 Å². The third kappa shape index (κ3) is 2.98. The van der Waals surface area contributed by atoms with E-state index in [1.807, 2.05) is 6.92 Å². The molecule has 2 aliphatic heterocycles. The van der Waals surface area contributed by atoms with Crippen molar-refractivity contribution >= 4 is 17.5 Å². The summed E-state index contributed by atoms with van der Waals surface area (Å²) in [6.45, 7) is 6.13. The van der Waals surface area contributed by atoms with E-state index in [0.29, 0.717) is 18.2 Å². The fourth-order valence-electron chi connectivity index (χ4n) is 3.27. The molecule has 0 radical (unpaired) electrons. The highest BCUT2D eigenvalue weighted by atomic mass is 35.5. The number of ether oxygens (including phenoxy) is 1. The van der Waals surface area contributed by atoms with Gasteiger partial charge in [-0.15, -0.1) is 0 Å². The Morgan fingerprint density at radius 1 is 1.45 bits per heavy atom. The van der Waals surface area contributed by atoms with Crippen molar-refractivity contribution < 1.29 is 13.9 Å². The summed E-state index contributed by atoms with van der Waals surface area (Å²) in [5, 5.41) is 3.10. The number of nitrogens with zero attached hydrogens (tertiary/aromatic N) is 1. The molecule has 2 heterocycles. The third-order valence-corrected chi connectivity index (χ3v) is 4.93. The summed E-state index contributed by atoms with van der Waals surface area (Å²) in [5.41, 5.74) is 0.635. The zero-order valence-electron chi connectivity index (χ0n) is 12.7. The summed E-state index contributed by atoms with van der Waals surface area (Å²) in [7, 11) is 0. The molecule has 0 bridgehead atoms. The van der Waals surface area contributed by atoms with E-state index in [-0.39, 0.29) is 22.7 Å². The van der Waals surface area contributed by atoms with Crippen molar-refractivity contribution in [2.45, 2.75) is 38.5 Å². The van der Waals surface area contributed by atoms with Gasteiger partial charge in [-0.25, -0.2) is 4.39 Å². The largest absolute Gasteiger partial charge is 0.376 e. The Kier molecular flexibility index (Phi) is 4.39. The average molecular weight is 327 g/mol. The molecule has 3 rings (SSSR count). The Balaban J connectivity index is 1.70. The molecule has 6 heteroatoms. The van der Waals surface area contributed by atoms with Gasteiger partial charge in [-0.1, -0.05) is 17.7 Å². The Morgan fingerprint density at radius 2 is 2.23 bits per heavy atom. The second-order valence-electron chi connectivity index (χ2n) is 6.21. The van der Waals surface area contributed by atoms with Crippen LogP contribution in [0, 0.1) is 12.7 Å². The Hall–Kier alpha value is -1.17. The fourth-order valence-corrected chi connectivity index (χ4v) is 3.51. The Labute approximate surface area is 134 Å². The number of halogens is 2. The first-order valence-electron chi connectivity index (χ1n) is 7.57. The number of amides is 1. The number of nitrogens with one attached hydrogen (secondary N) is 1. The van der Waals surface area contributed by atoms with Gasteiger partial charge in [0.2, 0.25) is 0 Å². The molecule has 0 aromatic heterocycles. The van der Waals surface area contributed by atoms with Gasteiger partial charge in [0, 0.05) is 25.2 Å². The first kappa shape index (κ1) is 15.7. The molecule has 0 aliphatic carbocycles. The van der Waals surface area contributed by atoms with Crippen LogP contribution in [0.15, 0.2) is 12.1 Å². The Morgan fingerprint density at radius 3 is 3.00 bits per heavy atom. The minimum absolute atomic E-state index is 0.00220. The number of rotatable bonds is 2. The maximum absolute atomic E-state index is 13.9. The lowest BCUT2D eigenvalue weighted by Gasteiger charge is -2.33. The van der Waals surface area contributed by atoms with Gasteiger partial charge in [0.05, 0.1) is 23.3 Å². The lowest BCUT2D eigenvalue weighted by molar-refractivity contribution is -0.0390. The van der Waals surface area contributed by atoms with Crippen LogP contribution in [0.2, 0.25) is 5.02 Å². The summed E-state index contributed by atoms with van der Waals surface area (Å²) < 4.78 is 19.6. The smallest absolute Gasteiger partial charge is 0.256 e. The topological polar surface area (TPSA) is 41.6 Å². The molecule has 0 spiro atoms. The van der Waals surface area contributed by atoms with Crippen molar-refractivity contribution in [3.8, 4) is 0 Å². The van der Waals surface area contributed by atoms with Crippen molar-refractivity contribution in [1.29, 1.82) is 0 Å². The lowest BCUT2D eigenvalue weighted by Crippen LogP contribution is -2.45. The molecule has 0 saturated carbocycles. The van der Waals surface area contributed by atoms with Gasteiger partial charge in [-0.05, 0) is 31.9 Å². The van der Waals surface area contributed by atoms with E-state index in [9.17, 15) is 9.18 Å². The summed E-state index contributed by atoms with van der Waals surface area (Å²) in [5.74, 6) is -1.02. The minimum atomic E-state index is -0.583. The number of hydrogen-bond donors (Lipinski definition) is 1. The first-order chi connectivity index (χ1) is 10.5. The summed E-state index contributed by atoms with van der Waals surface area (Å²) in [4.78, 5) is 14.7. The molecule has 2 aliphatic rings. The normalized spacial score (nSPS) is 28.5. The molecule has 2 fully saturated rings. The highest BCUT2D eigenvalue weighted by molar-refractivity contribution is 6.34. The maximum Gasteiger partial charge on any atom is 0.256 e. The molecular weight excluding hydrogens is 307 g/mol. The van der Waals surface area contributed by atoms with Crippen molar-refractivity contribution in [3.63, 3.8) is 0 Å². The highest BCUT2D eigenvalue weighted by Gasteiger charge is 2.37. The Bertz CT molecular complexity index is 596. The van der Waals surface area contributed by atoms with Crippen LogP contribution in [0.1, 0.15) is 29.3 Å². The number of aryl methyl sites for hydroxylation is 1. The molecule has 1 amide bonds. The van der Waals surface area contributed by atoms with Gasteiger partial charge in [0.25, 0.3) is 5.91 Å². The van der Waals surface area contributed by atoms with Crippen LogP contribution in [-0.2, 0) is 4.74 Å². The van der Waals surface area contributed by atoms with Gasteiger partial charge in [-0.3, -0.25) is 9.69 Å². The number of hydrogen-bond acceptors (Lipinski definition) is 3. The molecule has 1 aromatic carbocycles. The molecule has 1 aromatic rings. The van der Waals surface area contributed by atoms with E-state index in [1.165, 1.54) is 6.07 Å². The number of fused-ring (bicyclic) bond motifs is 1. The van der Waals surface area contributed by atoms with E-state index in [1.54, 1.807) is 13.0 Å². The second-order valence-corrected chi connectivity index (χ2v) is 6.59. The zero-order chi connectivity index (χ0) is 15.9. The predicted molar refractivity (Wildman–Crippen MR) is 82.8 cm³/mol. The number of carbonyl (C=O) groups excluding carboxylic acids is 1. The number of benzene rings is 1. The SMILES string of the molecule is Cc1ccc(F)c(C(=O)N[C@H]2C[C@H]3CO[C@H](C)CN3C2)c1Cl. The highest BCUT2D eigenvalue weighted by Crippen LogP contribution is 2.26. The van der Waals surface area contributed by atoms with Gasteiger partial charge in [-0.2, -0.15) is 0 Å². The molecule has 3 atom stereocenters.